The highest BCUT2D eigenvalue weighted by atomic mass is 35.5. The third-order valence-electron chi connectivity index (χ3n) is 2.72. The van der Waals surface area contributed by atoms with E-state index in [-0.39, 0.29) is 6.04 Å². The van der Waals surface area contributed by atoms with Crippen molar-refractivity contribution < 1.29 is 4.74 Å². The Morgan fingerprint density at radius 3 is 2.33 bits per heavy atom. The van der Waals surface area contributed by atoms with E-state index in [9.17, 15) is 0 Å². The normalized spacial score (nSPS) is 12.2. The summed E-state index contributed by atoms with van der Waals surface area (Å²) in [6.07, 6.45) is 0. The van der Waals surface area contributed by atoms with Crippen LogP contribution in [-0.2, 0) is 0 Å². The molecule has 0 aliphatic rings. The largest absolute Gasteiger partial charge is 0.456 e. The van der Waals surface area contributed by atoms with Crippen molar-refractivity contribution in [3.8, 4) is 11.5 Å². The van der Waals surface area contributed by atoms with Gasteiger partial charge in [-0.25, -0.2) is 0 Å². The lowest BCUT2D eigenvalue weighted by atomic mass is 10.1. The molecule has 0 unspecified atom stereocenters. The summed E-state index contributed by atoms with van der Waals surface area (Å²) in [5.41, 5.74) is 7.99. The molecular weight excluding hydrogens is 246 g/mol. The third kappa shape index (κ3) is 3.03. The lowest BCUT2D eigenvalue weighted by Gasteiger charge is -2.10. The molecule has 0 bridgehead atoms. The molecule has 0 radical (unpaired) electrons. The van der Waals surface area contributed by atoms with E-state index in [4.69, 9.17) is 22.1 Å². The number of ether oxygens (including phenoxy) is 1. The number of nitrogens with two attached hydrogens (primary N) is 1. The second-order valence-corrected chi connectivity index (χ2v) is 4.80. The van der Waals surface area contributed by atoms with Gasteiger partial charge in [0.05, 0.1) is 5.02 Å². The summed E-state index contributed by atoms with van der Waals surface area (Å²) >= 11 is 6.12. The predicted molar refractivity (Wildman–Crippen MR) is 75.3 cm³/mol. The summed E-state index contributed by atoms with van der Waals surface area (Å²) in [5, 5.41) is 0.617. The van der Waals surface area contributed by atoms with Crippen molar-refractivity contribution in [1.82, 2.24) is 0 Å². The maximum atomic E-state index is 6.12. The molecule has 0 saturated carbocycles. The summed E-state index contributed by atoms with van der Waals surface area (Å²) in [5.74, 6) is 1.42. The van der Waals surface area contributed by atoms with Crippen molar-refractivity contribution in [2.75, 3.05) is 0 Å². The number of aryl methyl sites for hydroxylation is 1. The van der Waals surface area contributed by atoms with Crippen molar-refractivity contribution in [3.63, 3.8) is 0 Å². The molecule has 0 saturated heterocycles. The number of halogens is 1. The van der Waals surface area contributed by atoms with Gasteiger partial charge in [0, 0.05) is 6.04 Å². The molecule has 18 heavy (non-hydrogen) atoms. The lowest BCUT2D eigenvalue weighted by Crippen LogP contribution is -2.04. The van der Waals surface area contributed by atoms with Crippen LogP contribution in [0.15, 0.2) is 42.5 Å². The van der Waals surface area contributed by atoms with Crippen molar-refractivity contribution in [1.29, 1.82) is 0 Å². The minimum atomic E-state index is 0.0296. The molecule has 2 aromatic rings. The highest BCUT2D eigenvalue weighted by molar-refractivity contribution is 6.32. The van der Waals surface area contributed by atoms with Crippen molar-refractivity contribution in [2.45, 2.75) is 19.9 Å². The predicted octanol–water partition coefficient (Wildman–Crippen LogP) is 4.46. The van der Waals surface area contributed by atoms with Gasteiger partial charge < -0.3 is 10.5 Å². The summed E-state index contributed by atoms with van der Waals surface area (Å²) in [6.45, 7) is 3.94. The van der Waals surface area contributed by atoms with Crippen LogP contribution in [0, 0.1) is 6.92 Å². The topological polar surface area (TPSA) is 35.2 Å². The van der Waals surface area contributed by atoms with Crippen molar-refractivity contribution in [3.05, 3.63) is 58.6 Å². The Hall–Kier alpha value is -1.51. The zero-order chi connectivity index (χ0) is 13.1. The highest BCUT2D eigenvalue weighted by Crippen LogP contribution is 2.30. The van der Waals surface area contributed by atoms with Crippen LogP contribution >= 0.6 is 11.6 Å². The third-order valence-corrected chi connectivity index (χ3v) is 3.02. The Kier molecular flexibility index (Phi) is 3.90. The lowest BCUT2D eigenvalue weighted by molar-refractivity contribution is 0.482. The van der Waals surface area contributed by atoms with Crippen molar-refractivity contribution in [2.24, 2.45) is 5.73 Å². The van der Waals surface area contributed by atoms with Gasteiger partial charge in [-0.1, -0.05) is 29.8 Å². The molecule has 0 aliphatic heterocycles. The van der Waals surface area contributed by atoms with Gasteiger partial charge in [0.25, 0.3) is 0 Å². The summed E-state index contributed by atoms with van der Waals surface area (Å²) in [6, 6.07) is 13.5. The van der Waals surface area contributed by atoms with E-state index in [0.29, 0.717) is 10.8 Å². The van der Waals surface area contributed by atoms with Crippen LogP contribution in [0.25, 0.3) is 0 Å². The van der Waals surface area contributed by atoms with Gasteiger partial charge >= 0.3 is 0 Å². The second-order valence-electron chi connectivity index (χ2n) is 4.39. The van der Waals surface area contributed by atoms with E-state index in [1.165, 1.54) is 0 Å². The standard InChI is InChI=1S/C15H16ClNO/c1-10-3-8-15(14(16)9-10)18-13-6-4-12(5-7-13)11(2)17/h3-9,11H,17H2,1-2H3/t11-/m0/s1. The van der Waals surface area contributed by atoms with Gasteiger partial charge in [-0.05, 0) is 49.2 Å². The van der Waals surface area contributed by atoms with E-state index in [0.717, 1.165) is 16.9 Å². The van der Waals surface area contributed by atoms with E-state index >= 15 is 0 Å². The van der Waals surface area contributed by atoms with Gasteiger partial charge in [-0.3, -0.25) is 0 Å². The van der Waals surface area contributed by atoms with Crippen LogP contribution in [0.5, 0.6) is 11.5 Å². The molecule has 0 aromatic heterocycles. The smallest absolute Gasteiger partial charge is 0.146 e. The minimum absolute atomic E-state index is 0.0296. The van der Waals surface area contributed by atoms with Crippen LogP contribution in [0.1, 0.15) is 24.1 Å². The Labute approximate surface area is 112 Å². The molecule has 0 aliphatic carbocycles. The number of hydrogen-bond acceptors (Lipinski definition) is 2. The Morgan fingerprint density at radius 2 is 1.78 bits per heavy atom. The SMILES string of the molecule is Cc1ccc(Oc2ccc([C@H](C)N)cc2)c(Cl)c1. The van der Waals surface area contributed by atoms with Gasteiger partial charge in [-0.2, -0.15) is 0 Å². The molecule has 2 nitrogen and oxygen atoms in total. The van der Waals surface area contributed by atoms with Gasteiger partial charge in [0.1, 0.15) is 11.5 Å². The Balaban J connectivity index is 2.18. The summed E-state index contributed by atoms with van der Waals surface area (Å²) in [4.78, 5) is 0. The molecular formula is C15H16ClNO. The molecule has 2 aromatic carbocycles. The molecule has 0 heterocycles. The molecule has 3 heteroatoms. The molecule has 2 N–H and O–H groups in total. The zero-order valence-corrected chi connectivity index (χ0v) is 11.2. The number of hydrogen-bond donors (Lipinski definition) is 1. The first kappa shape index (κ1) is 12.9. The van der Waals surface area contributed by atoms with E-state index < -0.39 is 0 Å². The fraction of sp³-hybridized carbons (Fsp3) is 0.200. The first-order valence-electron chi connectivity index (χ1n) is 5.86. The van der Waals surface area contributed by atoms with E-state index in [1.807, 2.05) is 56.3 Å². The van der Waals surface area contributed by atoms with Crippen LogP contribution in [0.3, 0.4) is 0 Å². The molecule has 0 amide bonds. The highest BCUT2D eigenvalue weighted by Gasteiger charge is 2.04. The fourth-order valence-corrected chi connectivity index (χ4v) is 1.93. The van der Waals surface area contributed by atoms with E-state index in [2.05, 4.69) is 0 Å². The minimum Gasteiger partial charge on any atom is -0.456 e. The second kappa shape index (κ2) is 5.42. The first-order valence-corrected chi connectivity index (χ1v) is 6.23. The quantitative estimate of drug-likeness (QED) is 0.885. The van der Waals surface area contributed by atoms with Crippen LogP contribution in [0.2, 0.25) is 5.02 Å². The van der Waals surface area contributed by atoms with Crippen LogP contribution in [0.4, 0.5) is 0 Å². The maximum absolute atomic E-state index is 6.12. The molecule has 94 valence electrons. The first-order chi connectivity index (χ1) is 8.56. The maximum Gasteiger partial charge on any atom is 0.146 e. The molecule has 1 atom stereocenters. The van der Waals surface area contributed by atoms with Gasteiger partial charge in [0.15, 0.2) is 0 Å². The molecule has 0 spiro atoms. The summed E-state index contributed by atoms with van der Waals surface area (Å²) < 4.78 is 5.73. The van der Waals surface area contributed by atoms with Gasteiger partial charge in [0.2, 0.25) is 0 Å². The molecule has 2 rings (SSSR count). The fourth-order valence-electron chi connectivity index (χ4n) is 1.66. The van der Waals surface area contributed by atoms with E-state index in [1.54, 1.807) is 0 Å². The van der Waals surface area contributed by atoms with Crippen LogP contribution in [-0.4, -0.2) is 0 Å². The number of rotatable bonds is 3. The van der Waals surface area contributed by atoms with Crippen LogP contribution < -0.4 is 10.5 Å². The zero-order valence-electron chi connectivity index (χ0n) is 10.5. The van der Waals surface area contributed by atoms with Crippen molar-refractivity contribution >= 4 is 11.6 Å². The Bertz CT molecular complexity index is 535. The average Bonchev–Trinajstić information content (AvgIpc) is 2.33. The Morgan fingerprint density at radius 1 is 1.11 bits per heavy atom. The monoisotopic (exact) mass is 261 g/mol. The van der Waals surface area contributed by atoms with Gasteiger partial charge in [-0.15, -0.1) is 0 Å². The summed E-state index contributed by atoms with van der Waals surface area (Å²) in [7, 11) is 0. The molecule has 0 fully saturated rings. The average molecular weight is 262 g/mol. The number of benzene rings is 2.